The van der Waals surface area contributed by atoms with E-state index < -0.39 is 23.3 Å². The van der Waals surface area contributed by atoms with Crippen molar-refractivity contribution in [2.45, 2.75) is 18.4 Å². The van der Waals surface area contributed by atoms with Crippen molar-refractivity contribution in [3.63, 3.8) is 0 Å². The maximum absolute atomic E-state index is 11.4. The van der Waals surface area contributed by atoms with Crippen LogP contribution in [0.4, 0.5) is 0 Å². The zero-order chi connectivity index (χ0) is 31.3. The first kappa shape index (κ1) is 34.6. The van der Waals surface area contributed by atoms with Gasteiger partial charge >= 0.3 is 11.9 Å². The van der Waals surface area contributed by atoms with Gasteiger partial charge in [0.2, 0.25) is 5.78 Å². The van der Waals surface area contributed by atoms with Crippen LogP contribution in [0.2, 0.25) is 0 Å². The normalized spacial score (nSPS) is 11.3. The fourth-order valence-corrected chi connectivity index (χ4v) is 4.39. The van der Waals surface area contributed by atoms with E-state index in [2.05, 4.69) is 36.4 Å². The molecule has 3 aromatic carbocycles. The van der Waals surface area contributed by atoms with Crippen molar-refractivity contribution >= 4 is 17.7 Å². The number of rotatable bonds is 23. The van der Waals surface area contributed by atoms with Crippen LogP contribution in [-0.4, -0.2) is 88.9 Å². The Morgan fingerprint density at radius 3 is 1.25 bits per heavy atom. The smallest absolute Gasteiger partial charge is 0.372 e. The lowest BCUT2D eigenvalue weighted by molar-refractivity contribution is -0.151. The molecular formula is C34H40O10. The van der Waals surface area contributed by atoms with Crippen LogP contribution in [0.1, 0.15) is 29.5 Å². The predicted octanol–water partition coefficient (Wildman–Crippen LogP) is 4.04. The number of carboxylic acids is 1. The molecule has 44 heavy (non-hydrogen) atoms. The van der Waals surface area contributed by atoms with Gasteiger partial charge in [-0.05, 0) is 16.7 Å². The number of aliphatic carboxylic acids is 1. The van der Waals surface area contributed by atoms with Gasteiger partial charge in [-0.25, -0.2) is 4.79 Å². The van der Waals surface area contributed by atoms with Crippen LogP contribution < -0.4 is 0 Å². The number of carbonyl (C=O) groups excluding carboxylic acids is 2. The van der Waals surface area contributed by atoms with E-state index >= 15 is 0 Å². The van der Waals surface area contributed by atoms with Gasteiger partial charge in [-0.1, -0.05) is 91.0 Å². The molecule has 1 N–H and O–H groups in total. The highest BCUT2D eigenvalue weighted by Crippen LogP contribution is 2.40. The highest BCUT2D eigenvalue weighted by molar-refractivity contribution is 6.32. The summed E-state index contributed by atoms with van der Waals surface area (Å²) in [6.45, 7) is 3.28. The van der Waals surface area contributed by atoms with E-state index in [4.69, 9.17) is 33.5 Å². The van der Waals surface area contributed by atoms with E-state index in [0.29, 0.717) is 52.9 Å². The number of hydrogen-bond donors (Lipinski definition) is 1. The SMILES string of the molecule is O=C(CCC(=O)C(=O)O)OCCOCCOCCOCCOCCOC(c1ccccc1)(c1ccccc1)c1ccccc1. The van der Waals surface area contributed by atoms with Crippen molar-refractivity contribution in [3.05, 3.63) is 108 Å². The molecule has 0 unspecified atom stereocenters. The molecule has 10 heteroatoms. The molecule has 10 nitrogen and oxygen atoms in total. The van der Waals surface area contributed by atoms with Crippen LogP contribution in [0, 0.1) is 0 Å². The number of esters is 1. The molecule has 0 bridgehead atoms. The molecule has 0 saturated carbocycles. The van der Waals surface area contributed by atoms with Crippen LogP contribution in [0.15, 0.2) is 91.0 Å². The van der Waals surface area contributed by atoms with E-state index in [1.807, 2.05) is 54.6 Å². The Hall–Kier alpha value is -3.93. The Morgan fingerprint density at radius 1 is 0.500 bits per heavy atom. The highest BCUT2D eigenvalue weighted by atomic mass is 16.6. The lowest BCUT2D eigenvalue weighted by atomic mass is 9.80. The molecule has 0 spiro atoms. The first-order chi connectivity index (χ1) is 21.5. The van der Waals surface area contributed by atoms with Crippen LogP contribution in [0.3, 0.4) is 0 Å². The van der Waals surface area contributed by atoms with E-state index in [1.165, 1.54) is 0 Å². The standard InChI is InChI=1S/C34H40O10/c35-31(33(37)38)16-17-32(36)43-26-24-41-22-20-39-18-19-40-21-23-42-25-27-44-34(28-10-4-1-5-11-28,29-12-6-2-7-13-29)30-14-8-3-9-15-30/h1-15H,16-27H2,(H,37,38). The molecule has 0 fully saturated rings. The van der Waals surface area contributed by atoms with Gasteiger partial charge in [-0.15, -0.1) is 0 Å². The summed E-state index contributed by atoms with van der Waals surface area (Å²) < 4.78 is 33.6. The van der Waals surface area contributed by atoms with Gasteiger partial charge in [0, 0.05) is 6.42 Å². The molecule has 3 rings (SSSR count). The topological polar surface area (TPSA) is 127 Å². The maximum Gasteiger partial charge on any atom is 0.372 e. The summed E-state index contributed by atoms with van der Waals surface area (Å²) in [6.07, 6.45) is -0.658. The zero-order valence-corrected chi connectivity index (χ0v) is 24.8. The van der Waals surface area contributed by atoms with Gasteiger partial charge in [0.25, 0.3) is 0 Å². The lowest BCUT2D eigenvalue weighted by Gasteiger charge is -2.36. The van der Waals surface area contributed by atoms with Gasteiger partial charge in [-0.2, -0.15) is 0 Å². The fourth-order valence-electron chi connectivity index (χ4n) is 4.39. The molecule has 0 aliphatic rings. The summed E-state index contributed by atoms with van der Waals surface area (Å²) in [5, 5.41) is 8.48. The molecular weight excluding hydrogens is 568 g/mol. The second-order valence-corrected chi connectivity index (χ2v) is 9.53. The first-order valence-corrected chi connectivity index (χ1v) is 14.6. The van der Waals surface area contributed by atoms with Gasteiger partial charge in [0.05, 0.1) is 65.9 Å². The third-order valence-electron chi connectivity index (χ3n) is 6.49. The third kappa shape index (κ3) is 11.6. The summed E-state index contributed by atoms with van der Waals surface area (Å²) >= 11 is 0. The third-order valence-corrected chi connectivity index (χ3v) is 6.49. The van der Waals surface area contributed by atoms with Crippen molar-refractivity contribution in [3.8, 4) is 0 Å². The maximum atomic E-state index is 11.4. The summed E-state index contributed by atoms with van der Waals surface area (Å²) in [5.74, 6) is -3.23. The summed E-state index contributed by atoms with van der Waals surface area (Å²) in [5.41, 5.74) is 2.34. The number of Topliss-reactive ketones (excluding diaryl/α,β-unsaturated/α-hetero) is 1. The molecule has 0 aliphatic heterocycles. The lowest BCUT2D eigenvalue weighted by Crippen LogP contribution is -2.34. The van der Waals surface area contributed by atoms with E-state index in [9.17, 15) is 14.4 Å². The number of hydrogen-bond acceptors (Lipinski definition) is 9. The van der Waals surface area contributed by atoms with Crippen molar-refractivity contribution in [1.82, 2.24) is 0 Å². The van der Waals surface area contributed by atoms with Crippen LogP contribution >= 0.6 is 0 Å². The average Bonchev–Trinajstić information content (AvgIpc) is 3.06. The van der Waals surface area contributed by atoms with E-state index in [0.717, 1.165) is 16.7 Å². The number of carbonyl (C=O) groups is 3. The molecule has 0 heterocycles. The van der Waals surface area contributed by atoms with Crippen LogP contribution in [0.25, 0.3) is 0 Å². The predicted molar refractivity (Wildman–Crippen MR) is 161 cm³/mol. The van der Waals surface area contributed by atoms with Gasteiger partial charge < -0.3 is 33.5 Å². The van der Waals surface area contributed by atoms with Gasteiger partial charge in [0.15, 0.2) is 0 Å². The Kier molecular flexibility index (Phi) is 15.8. The first-order valence-electron chi connectivity index (χ1n) is 14.6. The second-order valence-electron chi connectivity index (χ2n) is 9.53. The summed E-state index contributed by atoms with van der Waals surface area (Å²) in [4.78, 5) is 32.8. The molecule has 236 valence electrons. The number of carboxylic acid groups (broad SMARTS) is 1. The Bertz CT molecular complexity index is 1140. The number of benzene rings is 3. The molecule has 0 atom stereocenters. The Labute approximate surface area is 257 Å². The molecule has 0 aliphatic carbocycles. The molecule has 0 radical (unpaired) electrons. The molecule has 0 aromatic heterocycles. The van der Waals surface area contributed by atoms with Crippen LogP contribution in [0.5, 0.6) is 0 Å². The monoisotopic (exact) mass is 608 g/mol. The quantitative estimate of drug-likeness (QED) is 0.0730. The summed E-state index contributed by atoms with van der Waals surface area (Å²) in [7, 11) is 0. The fraction of sp³-hybridized carbons (Fsp3) is 0.382. The van der Waals surface area contributed by atoms with Gasteiger partial charge in [-0.3, -0.25) is 9.59 Å². The van der Waals surface area contributed by atoms with Crippen molar-refractivity contribution < 1.29 is 47.9 Å². The minimum atomic E-state index is -1.56. The largest absolute Gasteiger partial charge is 0.476 e. The number of ketones is 1. The minimum absolute atomic E-state index is 0.0139. The van der Waals surface area contributed by atoms with Crippen molar-refractivity contribution in [2.24, 2.45) is 0 Å². The van der Waals surface area contributed by atoms with Gasteiger partial charge in [0.1, 0.15) is 12.2 Å². The minimum Gasteiger partial charge on any atom is -0.476 e. The van der Waals surface area contributed by atoms with Crippen molar-refractivity contribution in [1.29, 1.82) is 0 Å². The molecule has 3 aromatic rings. The van der Waals surface area contributed by atoms with Crippen molar-refractivity contribution in [2.75, 3.05) is 66.1 Å². The average molecular weight is 609 g/mol. The highest BCUT2D eigenvalue weighted by Gasteiger charge is 2.37. The Balaban J connectivity index is 1.26. The summed E-state index contributed by atoms with van der Waals surface area (Å²) in [6, 6.07) is 30.6. The molecule has 0 saturated heterocycles. The molecule has 0 amide bonds. The zero-order valence-electron chi connectivity index (χ0n) is 24.8. The number of ether oxygens (including phenoxy) is 6. The second kappa shape index (κ2) is 20.1. The Morgan fingerprint density at radius 2 is 0.864 bits per heavy atom. The van der Waals surface area contributed by atoms with E-state index in [-0.39, 0.29) is 26.1 Å². The van der Waals surface area contributed by atoms with E-state index in [1.54, 1.807) is 0 Å². The van der Waals surface area contributed by atoms with Crippen LogP contribution in [-0.2, 0) is 48.4 Å².